The van der Waals surface area contributed by atoms with E-state index in [1.54, 1.807) is 37.4 Å². The summed E-state index contributed by atoms with van der Waals surface area (Å²) in [5.74, 6) is 0.593. The summed E-state index contributed by atoms with van der Waals surface area (Å²) in [6.07, 6.45) is 0.795. The summed E-state index contributed by atoms with van der Waals surface area (Å²) >= 11 is 12.0. The molecular weight excluding hydrogens is 271 g/mol. The predicted molar refractivity (Wildman–Crippen MR) is 73.8 cm³/mol. The third-order valence-corrected chi connectivity index (χ3v) is 3.14. The number of carbonyl (C=O) groups is 1. The minimum Gasteiger partial charge on any atom is -0.495 e. The molecular formula is C14H10Cl2O2. The third kappa shape index (κ3) is 2.50. The summed E-state index contributed by atoms with van der Waals surface area (Å²) < 4.78 is 5.09. The molecule has 4 heteroatoms. The lowest BCUT2D eigenvalue weighted by atomic mass is 10.0. The molecule has 0 amide bonds. The van der Waals surface area contributed by atoms with Crippen LogP contribution in [0.15, 0.2) is 36.4 Å². The van der Waals surface area contributed by atoms with Gasteiger partial charge in [-0.2, -0.15) is 0 Å². The fraction of sp³-hybridized carbons (Fsp3) is 0.0714. The highest BCUT2D eigenvalue weighted by Crippen LogP contribution is 2.32. The smallest absolute Gasteiger partial charge is 0.150 e. The first-order chi connectivity index (χ1) is 8.65. The number of rotatable bonds is 3. The molecule has 0 N–H and O–H groups in total. The van der Waals surface area contributed by atoms with Gasteiger partial charge in [0.1, 0.15) is 5.75 Å². The highest BCUT2D eigenvalue weighted by Gasteiger charge is 2.08. The predicted octanol–water partition coefficient (Wildman–Crippen LogP) is 4.48. The van der Waals surface area contributed by atoms with Crippen molar-refractivity contribution < 1.29 is 9.53 Å². The first-order valence-electron chi connectivity index (χ1n) is 5.24. The van der Waals surface area contributed by atoms with Crippen LogP contribution in [0.3, 0.4) is 0 Å². The fourth-order valence-electron chi connectivity index (χ4n) is 1.72. The Morgan fingerprint density at radius 3 is 2.50 bits per heavy atom. The summed E-state index contributed by atoms with van der Waals surface area (Å²) in [5, 5.41) is 1.06. The van der Waals surface area contributed by atoms with E-state index in [1.165, 1.54) is 0 Å². The van der Waals surface area contributed by atoms with Crippen LogP contribution in [0.5, 0.6) is 5.75 Å². The first-order valence-corrected chi connectivity index (χ1v) is 6.00. The van der Waals surface area contributed by atoms with Crippen LogP contribution in [0.25, 0.3) is 11.1 Å². The molecule has 0 fully saturated rings. The Morgan fingerprint density at radius 2 is 1.89 bits per heavy atom. The maximum absolute atomic E-state index is 11.0. The molecule has 0 saturated carbocycles. The summed E-state index contributed by atoms with van der Waals surface area (Å²) in [5.41, 5.74) is 2.15. The van der Waals surface area contributed by atoms with Crippen molar-refractivity contribution in [2.45, 2.75) is 0 Å². The second-order valence-electron chi connectivity index (χ2n) is 3.70. The van der Waals surface area contributed by atoms with Gasteiger partial charge < -0.3 is 4.74 Å². The van der Waals surface area contributed by atoms with E-state index in [0.29, 0.717) is 21.4 Å². The molecule has 0 spiro atoms. The Hall–Kier alpha value is -1.51. The molecule has 0 bridgehead atoms. The molecule has 0 saturated heterocycles. The van der Waals surface area contributed by atoms with E-state index in [9.17, 15) is 4.79 Å². The van der Waals surface area contributed by atoms with Gasteiger partial charge in [-0.25, -0.2) is 0 Å². The molecule has 0 heterocycles. The van der Waals surface area contributed by atoms with Crippen molar-refractivity contribution in [2.75, 3.05) is 7.11 Å². The van der Waals surface area contributed by atoms with Crippen LogP contribution >= 0.6 is 23.2 Å². The monoisotopic (exact) mass is 280 g/mol. The molecule has 0 aliphatic rings. The number of hydrogen-bond acceptors (Lipinski definition) is 2. The van der Waals surface area contributed by atoms with Gasteiger partial charge in [-0.1, -0.05) is 29.3 Å². The molecule has 2 nitrogen and oxygen atoms in total. The van der Waals surface area contributed by atoms with Gasteiger partial charge in [-0.15, -0.1) is 0 Å². The van der Waals surface area contributed by atoms with Crippen LogP contribution in [0.4, 0.5) is 0 Å². The van der Waals surface area contributed by atoms with Crippen LogP contribution in [0.1, 0.15) is 10.4 Å². The van der Waals surface area contributed by atoms with Gasteiger partial charge in [0, 0.05) is 10.6 Å². The molecule has 2 rings (SSSR count). The molecule has 0 atom stereocenters. The normalized spacial score (nSPS) is 10.2. The van der Waals surface area contributed by atoms with Crippen LogP contribution in [0, 0.1) is 0 Å². The van der Waals surface area contributed by atoms with Crippen LogP contribution < -0.4 is 4.74 Å². The topological polar surface area (TPSA) is 26.3 Å². The van der Waals surface area contributed by atoms with Crippen LogP contribution in [-0.4, -0.2) is 13.4 Å². The number of methoxy groups -OCH3 is 1. The van der Waals surface area contributed by atoms with Crippen molar-refractivity contribution in [1.29, 1.82) is 0 Å². The zero-order valence-corrected chi connectivity index (χ0v) is 11.1. The maximum Gasteiger partial charge on any atom is 0.150 e. The van der Waals surface area contributed by atoms with Gasteiger partial charge in [-0.3, -0.25) is 4.79 Å². The average molecular weight is 281 g/mol. The van der Waals surface area contributed by atoms with Crippen molar-refractivity contribution in [3.63, 3.8) is 0 Å². The van der Waals surface area contributed by atoms with Gasteiger partial charge in [0.25, 0.3) is 0 Å². The quantitative estimate of drug-likeness (QED) is 0.775. The summed E-state index contributed by atoms with van der Waals surface area (Å²) in [6.45, 7) is 0. The van der Waals surface area contributed by atoms with Gasteiger partial charge in [0.2, 0.25) is 0 Å². The second kappa shape index (κ2) is 5.42. The van der Waals surface area contributed by atoms with E-state index < -0.39 is 0 Å². The average Bonchev–Trinajstić information content (AvgIpc) is 2.38. The lowest BCUT2D eigenvalue weighted by Crippen LogP contribution is -1.89. The number of hydrogen-bond donors (Lipinski definition) is 0. The highest BCUT2D eigenvalue weighted by atomic mass is 35.5. The number of halogens is 2. The van der Waals surface area contributed by atoms with Crippen molar-refractivity contribution >= 4 is 29.5 Å². The molecule has 2 aromatic rings. The fourth-order valence-corrected chi connectivity index (χ4v) is 2.14. The summed E-state index contributed by atoms with van der Waals surface area (Å²) in [7, 11) is 1.55. The molecule has 0 radical (unpaired) electrons. The molecule has 0 aromatic heterocycles. The Bertz CT molecular complexity index is 594. The van der Waals surface area contributed by atoms with Gasteiger partial charge in [0.15, 0.2) is 6.29 Å². The number of carbonyl (C=O) groups excluding carboxylic acids is 1. The van der Waals surface area contributed by atoms with Crippen molar-refractivity contribution in [1.82, 2.24) is 0 Å². The highest BCUT2D eigenvalue weighted by molar-refractivity contribution is 6.32. The lowest BCUT2D eigenvalue weighted by Gasteiger charge is -2.08. The third-order valence-electron chi connectivity index (χ3n) is 2.61. The largest absolute Gasteiger partial charge is 0.495 e. The minimum absolute atomic E-state index is 0.492. The number of ether oxygens (including phenoxy) is 1. The number of benzene rings is 2. The SMILES string of the molecule is COc1ccc(-c2cc(Cl)ccc2C=O)cc1Cl. The van der Waals surface area contributed by atoms with E-state index in [2.05, 4.69) is 0 Å². The molecule has 18 heavy (non-hydrogen) atoms. The van der Waals surface area contributed by atoms with Gasteiger partial charge >= 0.3 is 0 Å². The standard InChI is InChI=1S/C14H10Cl2O2/c1-18-14-5-3-9(6-13(14)16)12-7-11(15)4-2-10(12)8-17/h2-8H,1H3. The summed E-state index contributed by atoms with van der Waals surface area (Å²) in [6, 6.07) is 10.4. The summed E-state index contributed by atoms with van der Waals surface area (Å²) in [4.78, 5) is 11.0. The van der Waals surface area contributed by atoms with Gasteiger partial charge in [-0.05, 0) is 41.5 Å². The van der Waals surface area contributed by atoms with E-state index in [0.717, 1.165) is 17.4 Å². The molecule has 2 aromatic carbocycles. The van der Waals surface area contributed by atoms with E-state index in [-0.39, 0.29) is 0 Å². The van der Waals surface area contributed by atoms with E-state index in [1.807, 2.05) is 6.07 Å². The Kier molecular flexibility index (Phi) is 3.90. The zero-order valence-electron chi connectivity index (χ0n) is 9.61. The van der Waals surface area contributed by atoms with E-state index >= 15 is 0 Å². The lowest BCUT2D eigenvalue weighted by molar-refractivity contribution is 0.112. The van der Waals surface area contributed by atoms with Crippen molar-refractivity contribution in [3.8, 4) is 16.9 Å². The second-order valence-corrected chi connectivity index (χ2v) is 4.54. The zero-order chi connectivity index (χ0) is 13.1. The minimum atomic E-state index is 0.492. The first kappa shape index (κ1) is 12.9. The Labute approximate surface area is 115 Å². The van der Waals surface area contributed by atoms with Crippen LogP contribution in [-0.2, 0) is 0 Å². The molecule has 0 aliphatic carbocycles. The molecule has 0 unspecified atom stereocenters. The van der Waals surface area contributed by atoms with E-state index in [4.69, 9.17) is 27.9 Å². The maximum atomic E-state index is 11.0. The Morgan fingerprint density at radius 1 is 1.11 bits per heavy atom. The number of aldehydes is 1. The molecule has 92 valence electrons. The molecule has 0 aliphatic heterocycles. The van der Waals surface area contributed by atoms with Crippen molar-refractivity contribution in [3.05, 3.63) is 52.0 Å². The van der Waals surface area contributed by atoms with Crippen molar-refractivity contribution in [2.24, 2.45) is 0 Å². The van der Waals surface area contributed by atoms with Gasteiger partial charge in [0.05, 0.1) is 12.1 Å². The van der Waals surface area contributed by atoms with Crippen LogP contribution in [0.2, 0.25) is 10.0 Å². The Balaban J connectivity index is 2.57.